The maximum Gasteiger partial charge on any atom is 0.321 e. The lowest BCUT2D eigenvalue weighted by atomic mass is 9.96. The number of benzene rings is 2. The lowest BCUT2D eigenvalue weighted by Gasteiger charge is -2.31. The summed E-state index contributed by atoms with van der Waals surface area (Å²) >= 11 is 0. The molecule has 0 aromatic heterocycles. The summed E-state index contributed by atoms with van der Waals surface area (Å²) in [6.45, 7) is 6.03. The molecule has 3 amide bonds. The van der Waals surface area contributed by atoms with Crippen molar-refractivity contribution in [2.24, 2.45) is 5.92 Å². The fraction of sp³-hybridized carbons (Fsp3) is 0.440. The van der Waals surface area contributed by atoms with E-state index in [4.69, 9.17) is 4.74 Å². The lowest BCUT2D eigenvalue weighted by molar-refractivity contribution is -0.126. The van der Waals surface area contributed by atoms with Crippen molar-refractivity contribution in [3.63, 3.8) is 0 Å². The van der Waals surface area contributed by atoms with Crippen molar-refractivity contribution < 1.29 is 14.3 Å². The van der Waals surface area contributed by atoms with Gasteiger partial charge in [0.1, 0.15) is 0 Å². The van der Waals surface area contributed by atoms with E-state index in [-0.39, 0.29) is 17.9 Å². The van der Waals surface area contributed by atoms with Crippen LogP contribution in [0.4, 0.5) is 10.5 Å². The Morgan fingerprint density at radius 2 is 1.53 bits per heavy atom. The van der Waals surface area contributed by atoms with Crippen LogP contribution in [0.5, 0.6) is 0 Å². The minimum absolute atomic E-state index is 0.0535. The van der Waals surface area contributed by atoms with E-state index in [1.807, 2.05) is 36.4 Å². The lowest BCUT2D eigenvalue weighted by Crippen LogP contribution is -2.44. The summed E-state index contributed by atoms with van der Waals surface area (Å²) in [6, 6.07) is 17.6. The predicted octanol–water partition coefficient (Wildman–Crippen LogP) is 3.08. The molecule has 7 nitrogen and oxygen atoms in total. The van der Waals surface area contributed by atoms with Crippen LogP contribution in [-0.2, 0) is 22.6 Å². The van der Waals surface area contributed by atoms with Crippen molar-refractivity contribution in [2.45, 2.75) is 25.9 Å². The van der Waals surface area contributed by atoms with Crippen LogP contribution in [0.1, 0.15) is 24.0 Å². The van der Waals surface area contributed by atoms with Gasteiger partial charge in [-0.05, 0) is 36.1 Å². The quantitative estimate of drug-likeness (QED) is 0.730. The first kappa shape index (κ1) is 22.3. The molecular formula is C25H32N4O3. The van der Waals surface area contributed by atoms with Gasteiger partial charge in [-0.25, -0.2) is 4.79 Å². The number of carbonyl (C=O) groups is 2. The Balaban J connectivity index is 1.24. The number of carbonyl (C=O) groups excluding carboxylic acids is 2. The Kier molecular flexibility index (Phi) is 7.74. The van der Waals surface area contributed by atoms with Gasteiger partial charge in [0.25, 0.3) is 0 Å². The summed E-state index contributed by atoms with van der Waals surface area (Å²) in [5, 5.41) is 6.05. The number of likely N-dealkylation sites (tertiary alicyclic amines) is 1. The number of nitrogens with one attached hydrogen (secondary N) is 2. The number of urea groups is 1. The Morgan fingerprint density at radius 3 is 2.25 bits per heavy atom. The van der Waals surface area contributed by atoms with E-state index in [2.05, 4.69) is 33.7 Å². The normalized spacial score (nSPS) is 17.7. The molecule has 7 heteroatoms. The number of amides is 3. The van der Waals surface area contributed by atoms with Crippen molar-refractivity contribution in [2.75, 3.05) is 44.7 Å². The highest BCUT2D eigenvalue weighted by Crippen LogP contribution is 2.19. The van der Waals surface area contributed by atoms with Crippen LogP contribution in [-0.4, -0.2) is 61.1 Å². The Bertz CT molecular complexity index is 891. The van der Waals surface area contributed by atoms with Gasteiger partial charge in [-0.15, -0.1) is 0 Å². The van der Waals surface area contributed by atoms with Gasteiger partial charge in [0.05, 0.1) is 13.2 Å². The molecule has 32 heavy (non-hydrogen) atoms. The van der Waals surface area contributed by atoms with Gasteiger partial charge in [0.2, 0.25) is 5.91 Å². The zero-order valence-corrected chi connectivity index (χ0v) is 18.5. The van der Waals surface area contributed by atoms with Crippen molar-refractivity contribution in [3.05, 3.63) is 65.7 Å². The van der Waals surface area contributed by atoms with E-state index in [0.29, 0.717) is 32.5 Å². The molecule has 2 N–H and O–H groups in total. The third kappa shape index (κ3) is 6.08. The maximum atomic E-state index is 12.8. The summed E-state index contributed by atoms with van der Waals surface area (Å²) in [7, 11) is 0. The van der Waals surface area contributed by atoms with Gasteiger partial charge in [0, 0.05) is 50.9 Å². The highest BCUT2D eigenvalue weighted by molar-refractivity contribution is 5.89. The monoisotopic (exact) mass is 436 g/mol. The third-order valence-corrected chi connectivity index (χ3v) is 6.25. The summed E-state index contributed by atoms with van der Waals surface area (Å²) < 4.78 is 5.44. The zero-order valence-electron chi connectivity index (χ0n) is 18.5. The first-order chi connectivity index (χ1) is 15.7. The number of ether oxygens (including phenoxy) is 1. The number of piperidine rings is 1. The molecule has 2 saturated heterocycles. The van der Waals surface area contributed by atoms with Crippen molar-refractivity contribution in [1.82, 2.24) is 15.1 Å². The van der Waals surface area contributed by atoms with Gasteiger partial charge in [0.15, 0.2) is 0 Å². The van der Waals surface area contributed by atoms with Crippen LogP contribution in [0.25, 0.3) is 0 Å². The van der Waals surface area contributed by atoms with Crippen molar-refractivity contribution in [3.8, 4) is 0 Å². The van der Waals surface area contributed by atoms with Crippen molar-refractivity contribution >= 4 is 17.6 Å². The second-order valence-corrected chi connectivity index (χ2v) is 8.43. The Morgan fingerprint density at radius 1 is 0.875 bits per heavy atom. The number of morpholine rings is 1. The number of hydrogen-bond donors (Lipinski definition) is 2. The Hall–Kier alpha value is -2.90. The maximum absolute atomic E-state index is 12.8. The average molecular weight is 437 g/mol. The minimum Gasteiger partial charge on any atom is -0.379 e. The van der Waals surface area contributed by atoms with Crippen LogP contribution in [0.2, 0.25) is 0 Å². The largest absolute Gasteiger partial charge is 0.379 e. The van der Waals surface area contributed by atoms with E-state index in [0.717, 1.165) is 44.1 Å². The van der Waals surface area contributed by atoms with Crippen LogP contribution < -0.4 is 10.6 Å². The van der Waals surface area contributed by atoms with Crippen molar-refractivity contribution in [1.29, 1.82) is 0 Å². The summed E-state index contributed by atoms with van der Waals surface area (Å²) in [5.41, 5.74) is 3.20. The molecule has 2 aromatic rings. The minimum atomic E-state index is -0.105. The molecule has 2 fully saturated rings. The van der Waals surface area contributed by atoms with E-state index in [1.54, 1.807) is 4.90 Å². The molecule has 0 spiro atoms. The van der Waals surface area contributed by atoms with E-state index in [1.165, 1.54) is 5.56 Å². The van der Waals surface area contributed by atoms with Gasteiger partial charge in [-0.1, -0.05) is 42.5 Å². The predicted molar refractivity (Wildman–Crippen MR) is 124 cm³/mol. The molecule has 0 aliphatic carbocycles. The molecule has 0 atom stereocenters. The molecule has 2 aromatic carbocycles. The molecule has 0 radical (unpaired) electrons. The number of para-hydroxylation sites is 1. The third-order valence-electron chi connectivity index (χ3n) is 6.25. The molecular weight excluding hydrogens is 404 g/mol. The standard InChI is InChI=1S/C25H32N4O3/c30-24(20-10-12-29(13-11-20)25(31)27-23-8-2-1-3-9-23)26-18-21-6-4-5-7-22(21)19-28-14-16-32-17-15-28/h1-9,20H,10-19H2,(H,26,30)(H,27,31). The second kappa shape index (κ2) is 11.1. The SMILES string of the molecule is O=C(NCc1ccccc1CN1CCOCC1)C1CCN(C(=O)Nc2ccccc2)CC1. The van der Waals surface area contributed by atoms with Gasteiger partial charge >= 0.3 is 6.03 Å². The van der Waals surface area contributed by atoms with Gasteiger partial charge < -0.3 is 20.3 Å². The van der Waals surface area contributed by atoms with E-state index < -0.39 is 0 Å². The fourth-order valence-corrected chi connectivity index (χ4v) is 4.28. The summed E-state index contributed by atoms with van der Waals surface area (Å²) in [4.78, 5) is 29.4. The molecule has 2 heterocycles. The van der Waals surface area contributed by atoms with Crippen LogP contribution >= 0.6 is 0 Å². The molecule has 0 saturated carbocycles. The smallest absolute Gasteiger partial charge is 0.321 e. The van der Waals surface area contributed by atoms with Gasteiger partial charge in [-0.3, -0.25) is 9.69 Å². The van der Waals surface area contributed by atoms with Gasteiger partial charge in [-0.2, -0.15) is 0 Å². The first-order valence-corrected chi connectivity index (χ1v) is 11.4. The highest BCUT2D eigenvalue weighted by atomic mass is 16.5. The fourth-order valence-electron chi connectivity index (χ4n) is 4.28. The average Bonchev–Trinajstić information content (AvgIpc) is 2.84. The molecule has 0 unspecified atom stereocenters. The zero-order chi connectivity index (χ0) is 22.2. The van der Waals surface area contributed by atoms with Crippen LogP contribution in [0.3, 0.4) is 0 Å². The van der Waals surface area contributed by atoms with E-state index >= 15 is 0 Å². The molecule has 0 bridgehead atoms. The molecule has 170 valence electrons. The second-order valence-electron chi connectivity index (χ2n) is 8.43. The van der Waals surface area contributed by atoms with Crippen LogP contribution in [0, 0.1) is 5.92 Å². The number of rotatable bonds is 6. The first-order valence-electron chi connectivity index (χ1n) is 11.4. The number of nitrogens with zero attached hydrogens (tertiary/aromatic N) is 2. The molecule has 2 aliphatic rings. The highest BCUT2D eigenvalue weighted by Gasteiger charge is 2.27. The van der Waals surface area contributed by atoms with Crippen LogP contribution in [0.15, 0.2) is 54.6 Å². The Labute approximate surface area is 189 Å². The molecule has 2 aliphatic heterocycles. The summed E-state index contributed by atoms with van der Waals surface area (Å²) in [6.07, 6.45) is 1.37. The number of hydrogen-bond acceptors (Lipinski definition) is 4. The van der Waals surface area contributed by atoms with E-state index in [9.17, 15) is 9.59 Å². The summed E-state index contributed by atoms with van der Waals surface area (Å²) in [5.74, 6) is 0.0245. The number of anilines is 1. The topological polar surface area (TPSA) is 73.9 Å². The molecule has 4 rings (SSSR count).